The lowest BCUT2D eigenvalue weighted by molar-refractivity contribution is 0.0590. The van der Waals surface area contributed by atoms with Crippen LogP contribution in [0.2, 0.25) is 5.02 Å². The van der Waals surface area contributed by atoms with Crippen molar-refractivity contribution in [2.45, 2.75) is 4.21 Å². The molecule has 6 nitrogen and oxygen atoms in total. The summed E-state index contributed by atoms with van der Waals surface area (Å²) in [6, 6.07) is 3.72. The number of rotatable bonds is 4. The summed E-state index contributed by atoms with van der Waals surface area (Å²) in [6.45, 7) is 0. The van der Waals surface area contributed by atoms with E-state index in [1.807, 2.05) is 4.72 Å². The molecule has 0 atom stereocenters. The number of nitrogens with zero attached hydrogens (tertiary/aromatic N) is 1. The highest BCUT2D eigenvalue weighted by molar-refractivity contribution is 7.94. The molecule has 0 radical (unpaired) electrons. The Labute approximate surface area is 128 Å². The molecule has 2 rings (SSSR count). The summed E-state index contributed by atoms with van der Waals surface area (Å²) in [6.07, 6.45) is 0. The third-order valence-corrected chi connectivity index (χ3v) is 5.39. The number of halogens is 2. The monoisotopic (exact) mass is 350 g/mol. The van der Waals surface area contributed by atoms with Gasteiger partial charge in [0.25, 0.3) is 10.0 Å². The van der Waals surface area contributed by atoms with Crippen molar-refractivity contribution >= 4 is 44.6 Å². The third kappa shape index (κ3) is 3.14. The first-order chi connectivity index (χ1) is 9.86. The molecule has 0 fully saturated rings. The number of sulfonamides is 1. The number of carbonyl (C=O) groups is 1. The van der Waals surface area contributed by atoms with E-state index < -0.39 is 27.5 Å². The van der Waals surface area contributed by atoms with Crippen LogP contribution in [0.15, 0.2) is 27.9 Å². The SMILES string of the molecule is COC(=O)c1ncsc1S(=O)(=O)Nc1c(F)cccc1Cl. The number of nitrogens with one attached hydrogen (secondary N) is 1. The van der Waals surface area contributed by atoms with E-state index in [4.69, 9.17) is 11.6 Å². The molecule has 112 valence electrons. The fourth-order valence-electron chi connectivity index (χ4n) is 1.43. The van der Waals surface area contributed by atoms with Crippen molar-refractivity contribution in [3.05, 3.63) is 40.2 Å². The van der Waals surface area contributed by atoms with Crippen LogP contribution in [0.1, 0.15) is 10.5 Å². The van der Waals surface area contributed by atoms with Gasteiger partial charge in [-0.2, -0.15) is 0 Å². The van der Waals surface area contributed by atoms with Gasteiger partial charge in [0.2, 0.25) is 0 Å². The van der Waals surface area contributed by atoms with Crippen molar-refractivity contribution in [2.24, 2.45) is 0 Å². The molecule has 0 saturated carbocycles. The molecule has 1 N–H and O–H groups in total. The molecule has 0 amide bonds. The minimum atomic E-state index is -4.22. The van der Waals surface area contributed by atoms with Crippen LogP contribution in [0.3, 0.4) is 0 Å². The Balaban J connectivity index is 2.45. The van der Waals surface area contributed by atoms with Crippen LogP contribution in [0, 0.1) is 5.82 Å². The zero-order valence-electron chi connectivity index (χ0n) is 10.5. The van der Waals surface area contributed by atoms with Crippen molar-refractivity contribution in [2.75, 3.05) is 11.8 Å². The zero-order chi connectivity index (χ0) is 15.6. The molecule has 1 aromatic carbocycles. The number of esters is 1. The first-order valence-electron chi connectivity index (χ1n) is 5.35. The van der Waals surface area contributed by atoms with Crippen LogP contribution in [0.4, 0.5) is 10.1 Å². The summed E-state index contributed by atoms with van der Waals surface area (Å²) in [4.78, 5) is 15.1. The number of benzene rings is 1. The molecular formula is C11H8ClFN2O4S2. The Morgan fingerprint density at radius 2 is 2.19 bits per heavy atom. The molecule has 0 aliphatic carbocycles. The maximum Gasteiger partial charge on any atom is 0.358 e. The number of anilines is 1. The zero-order valence-corrected chi connectivity index (χ0v) is 12.9. The van der Waals surface area contributed by atoms with Gasteiger partial charge < -0.3 is 4.74 Å². The summed E-state index contributed by atoms with van der Waals surface area (Å²) in [5.74, 6) is -1.74. The van der Waals surface area contributed by atoms with Gasteiger partial charge in [0, 0.05) is 0 Å². The van der Waals surface area contributed by atoms with Gasteiger partial charge in [-0.05, 0) is 12.1 Å². The molecule has 0 saturated heterocycles. The van der Waals surface area contributed by atoms with Gasteiger partial charge in [-0.1, -0.05) is 17.7 Å². The van der Waals surface area contributed by atoms with Crippen molar-refractivity contribution in [3.8, 4) is 0 Å². The summed E-state index contributed by atoms with van der Waals surface area (Å²) in [5.41, 5.74) is 0.398. The highest BCUT2D eigenvalue weighted by atomic mass is 35.5. The van der Waals surface area contributed by atoms with Crippen molar-refractivity contribution in [1.29, 1.82) is 0 Å². The molecule has 1 aromatic heterocycles. The lowest BCUT2D eigenvalue weighted by Gasteiger charge is -2.09. The number of hydrogen-bond donors (Lipinski definition) is 1. The van der Waals surface area contributed by atoms with Crippen LogP contribution in [0.5, 0.6) is 0 Å². The highest BCUT2D eigenvalue weighted by Crippen LogP contribution is 2.29. The van der Waals surface area contributed by atoms with Gasteiger partial charge >= 0.3 is 5.97 Å². The topological polar surface area (TPSA) is 85.4 Å². The largest absolute Gasteiger partial charge is 0.464 e. The Morgan fingerprint density at radius 1 is 1.48 bits per heavy atom. The van der Waals surface area contributed by atoms with E-state index in [1.54, 1.807) is 0 Å². The lowest BCUT2D eigenvalue weighted by Crippen LogP contribution is -2.17. The second kappa shape index (κ2) is 5.96. The number of aromatic nitrogens is 1. The summed E-state index contributed by atoms with van der Waals surface area (Å²) >= 11 is 6.46. The fraction of sp³-hybridized carbons (Fsp3) is 0.0909. The number of para-hydroxylation sites is 1. The number of methoxy groups -OCH3 is 1. The summed E-state index contributed by atoms with van der Waals surface area (Å²) < 4.78 is 44.2. The Hall–Kier alpha value is -1.71. The molecule has 2 aromatic rings. The van der Waals surface area contributed by atoms with Gasteiger partial charge in [0.1, 0.15) is 11.5 Å². The smallest absolute Gasteiger partial charge is 0.358 e. The van der Waals surface area contributed by atoms with Crippen LogP contribution < -0.4 is 4.72 Å². The maximum atomic E-state index is 13.6. The van der Waals surface area contributed by atoms with E-state index in [1.165, 1.54) is 17.6 Å². The van der Waals surface area contributed by atoms with Crippen molar-refractivity contribution in [3.63, 3.8) is 0 Å². The number of carbonyl (C=O) groups excluding carboxylic acids is 1. The van der Waals surface area contributed by atoms with E-state index in [2.05, 4.69) is 9.72 Å². The van der Waals surface area contributed by atoms with Crippen LogP contribution in [0.25, 0.3) is 0 Å². The average molecular weight is 351 g/mol. The van der Waals surface area contributed by atoms with Gasteiger partial charge in [0.15, 0.2) is 9.90 Å². The van der Waals surface area contributed by atoms with Crippen molar-refractivity contribution in [1.82, 2.24) is 4.98 Å². The highest BCUT2D eigenvalue weighted by Gasteiger charge is 2.28. The van der Waals surface area contributed by atoms with Gasteiger partial charge in [-0.3, -0.25) is 4.72 Å². The summed E-state index contributed by atoms with van der Waals surface area (Å²) in [7, 11) is -3.12. The Bertz CT molecular complexity index is 771. The van der Waals surface area contributed by atoms with Crippen LogP contribution >= 0.6 is 22.9 Å². The van der Waals surface area contributed by atoms with Gasteiger partial charge in [-0.15, -0.1) is 11.3 Å². The normalized spacial score (nSPS) is 11.2. The first-order valence-corrected chi connectivity index (χ1v) is 8.09. The quantitative estimate of drug-likeness (QED) is 0.856. The average Bonchev–Trinajstić information content (AvgIpc) is 2.92. The van der Waals surface area contributed by atoms with Gasteiger partial charge in [-0.25, -0.2) is 22.6 Å². The summed E-state index contributed by atoms with van der Waals surface area (Å²) in [5, 5.41) is -0.109. The van der Waals surface area contributed by atoms with E-state index in [9.17, 15) is 17.6 Å². The second-order valence-electron chi connectivity index (χ2n) is 3.68. The second-order valence-corrected chi connectivity index (χ2v) is 6.82. The predicted octanol–water partition coefficient (Wildman–Crippen LogP) is 2.52. The number of ether oxygens (including phenoxy) is 1. The molecule has 21 heavy (non-hydrogen) atoms. The standard InChI is InChI=1S/C11H8ClFN2O4S2/c1-19-10(16)9-11(20-5-14-9)21(17,18)15-8-6(12)3-2-4-7(8)13/h2-5,15H,1H3. The molecular weight excluding hydrogens is 343 g/mol. The molecule has 10 heteroatoms. The van der Waals surface area contributed by atoms with Crippen LogP contribution in [-0.2, 0) is 14.8 Å². The predicted molar refractivity (Wildman–Crippen MR) is 75.7 cm³/mol. The van der Waals surface area contributed by atoms with E-state index in [-0.39, 0.29) is 14.9 Å². The van der Waals surface area contributed by atoms with Gasteiger partial charge in [0.05, 0.1) is 17.6 Å². The van der Waals surface area contributed by atoms with E-state index in [0.29, 0.717) is 11.3 Å². The van der Waals surface area contributed by atoms with Crippen molar-refractivity contribution < 1.29 is 22.3 Å². The van der Waals surface area contributed by atoms with Crippen LogP contribution in [-0.4, -0.2) is 26.5 Å². The molecule has 0 spiro atoms. The van der Waals surface area contributed by atoms with E-state index >= 15 is 0 Å². The lowest BCUT2D eigenvalue weighted by atomic mass is 10.3. The minimum Gasteiger partial charge on any atom is -0.464 e. The minimum absolute atomic E-state index is 0.109. The Kier molecular flexibility index (Phi) is 4.45. The maximum absolute atomic E-state index is 13.6. The molecule has 0 unspecified atom stereocenters. The molecule has 1 heterocycles. The molecule has 0 aliphatic rings. The van der Waals surface area contributed by atoms with E-state index in [0.717, 1.165) is 13.2 Å². The molecule has 0 bridgehead atoms. The third-order valence-electron chi connectivity index (χ3n) is 2.36. The number of hydrogen-bond acceptors (Lipinski definition) is 6. The fourth-order valence-corrected chi connectivity index (χ4v) is 3.92. The number of thiazole rings is 1. The first kappa shape index (κ1) is 15.7. The Morgan fingerprint density at radius 3 is 2.81 bits per heavy atom. The molecule has 0 aliphatic heterocycles.